The summed E-state index contributed by atoms with van der Waals surface area (Å²) in [5, 5.41) is 2.56. The highest BCUT2D eigenvalue weighted by Crippen LogP contribution is 2.13. The van der Waals surface area contributed by atoms with Gasteiger partial charge < -0.3 is 5.32 Å². The van der Waals surface area contributed by atoms with Crippen molar-refractivity contribution in [2.45, 2.75) is 11.3 Å². The van der Waals surface area contributed by atoms with Crippen LogP contribution in [0, 0.1) is 5.82 Å². The van der Waals surface area contributed by atoms with Crippen LogP contribution in [0.15, 0.2) is 23.1 Å². The Morgan fingerprint density at radius 1 is 1.44 bits per heavy atom. The van der Waals surface area contributed by atoms with Crippen LogP contribution in [-0.2, 0) is 9.84 Å². The summed E-state index contributed by atoms with van der Waals surface area (Å²) in [6.45, 7) is 0.255. The van der Waals surface area contributed by atoms with Crippen molar-refractivity contribution in [1.82, 2.24) is 5.32 Å². The summed E-state index contributed by atoms with van der Waals surface area (Å²) >= 11 is 3.88. The van der Waals surface area contributed by atoms with E-state index in [0.717, 1.165) is 12.3 Å². The van der Waals surface area contributed by atoms with Gasteiger partial charge in [0, 0.05) is 23.3 Å². The summed E-state index contributed by atoms with van der Waals surface area (Å²) in [6, 6.07) is 3.83. The Kier molecular flexibility index (Phi) is 5.15. The number of rotatable bonds is 5. The van der Waals surface area contributed by atoms with Crippen molar-refractivity contribution >= 4 is 28.4 Å². The fourth-order valence-corrected chi connectivity index (χ4v) is 2.17. The second-order valence-corrected chi connectivity index (χ2v) is 6.65. The van der Waals surface area contributed by atoms with Crippen molar-refractivity contribution in [3.63, 3.8) is 0 Å². The van der Waals surface area contributed by atoms with Gasteiger partial charge in [-0.2, -0.15) is 0 Å². The van der Waals surface area contributed by atoms with E-state index in [2.05, 4.69) is 17.9 Å². The molecule has 0 atom stereocenters. The number of hydrogen-bond donors (Lipinski definition) is 2. The van der Waals surface area contributed by atoms with E-state index in [0.29, 0.717) is 12.0 Å². The highest BCUT2D eigenvalue weighted by Gasteiger charge is 2.08. The zero-order chi connectivity index (χ0) is 13.8. The van der Waals surface area contributed by atoms with Gasteiger partial charge in [0.05, 0.1) is 5.75 Å². The van der Waals surface area contributed by atoms with E-state index in [1.807, 2.05) is 0 Å². The summed E-state index contributed by atoms with van der Waals surface area (Å²) in [5.74, 6) is -0.847. The molecule has 1 N–H and O–H groups in total. The number of benzene rings is 1. The third kappa shape index (κ3) is 5.05. The Bertz CT molecular complexity index is 543. The Labute approximate surface area is 111 Å². The van der Waals surface area contributed by atoms with Crippen molar-refractivity contribution in [2.24, 2.45) is 0 Å². The fraction of sp³-hybridized carbons (Fsp3) is 0.364. The van der Waals surface area contributed by atoms with E-state index >= 15 is 0 Å². The van der Waals surface area contributed by atoms with Gasteiger partial charge in [-0.25, -0.2) is 12.8 Å². The second kappa shape index (κ2) is 6.19. The molecule has 0 spiro atoms. The van der Waals surface area contributed by atoms with Crippen molar-refractivity contribution < 1.29 is 17.6 Å². The van der Waals surface area contributed by atoms with Crippen molar-refractivity contribution in [3.05, 3.63) is 29.6 Å². The summed E-state index contributed by atoms with van der Waals surface area (Å²) in [6.07, 6.45) is 1.49. The summed E-state index contributed by atoms with van der Waals surface area (Å²) < 4.78 is 34.7. The zero-order valence-electron chi connectivity index (χ0n) is 9.81. The highest BCUT2D eigenvalue weighted by atomic mass is 32.2. The van der Waals surface area contributed by atoms with E-state index < -0.39 is 15.7 Å². The number of thiol groups is 1. The van der Waals surface area contributed by atoms with Crippen molar-refractivity contribution in [1.29, 1.82) is 0 Å². The smallest absolute Gasteiger partial charge is 0.251 e. The van der Waals surface area contributed by atoms with E-state index in [-0.39, 0.29) is 23.1 Å². The van der Waals surface area contributed by atoms with Crippen LogP contribution in [-0.4, -0.2) is 32.9 Å². The lowest BCUT2D eigenvalue weighted by atomic mass is 10.2. The molecule has 1 rings (SSSR count). The van der Waals surface area contributed by atoms with Gasteiger partial charge in [0.25, 0.3) is 5.91 Å². The summed E-state index contributed by atoms with van der Waals surface area (Å²) in [5.41, 5.74) is 0.292. The topological polar surface area (TPSA) is 63.2 Å². The van der Waals surface area contributed by atoms with E-state index in [1.165, 1.54) is 12.1 Å². The molecule has 1 amide bonds. The molecule has 0 unspecified atom stereocenters. The standard InChI is InChI=1S/C11H14FNO3S2/c1-18(15,16)6-2-5-13-11(14)8-3-4-9(12)10(17)7-8/h3-4,7,17H,2,5-6H2,1H3,(H,13,14). The van der Waals surface area contributed by atoms with Crippen LogP contribution in [0.4, 0.5) is 4.39 Å². The van der Waals surface area contributed by atoms with Gasteiger partial charge in [-0.3, -0.25) is 4.79 Å². The maximum atomic E-state index is 12.9. The zero-order valence-corrected chi connectivity index (χ0v) is 11.5. The maximum Gasteiger partial charge on any atom is 0.251 e. The monoisotopic (exact) mass is 291 g/mol. The molecule has 18 heavy (non-hydrogen) atoms. The lowest BCUT2D eigenvalue weighted by molar-refractivity contribution is 0.0953. The molecular weight excluding hydrogens is 277 g/mol. The number of halogens is 1. The number of carbonyl (C=O) groups is 1. The fourth-order valence-electron chi connectivity index (χ4n) is 1.29. The molecule has 1 aromatic carbocycles. The van der Waals surface area contributed by atoms with Crippen molar-refractivity contribution in [2.75, 3.05) is 18.6 Å². The SMILES string of the molecule is CS(=O)(=O)CCCNC(=O)c1ccc(F)c(S)c1. The number of hydrogen-bond acceptors (Lipinski definition) is 4. The highest BCUT2D eigenvalue weighted by molar-refractivity contribution is 7.90. The summed E-state index contributed by atoms with van der Waals surface area (Å²) in [4.78, 5) is 11.7. The molecule has 0 radical (unpaired) electrons. The van der Waals surface area contributed by atoms with Crippen LogP contribution in [0.25, 0.3) is 0 Å². The van der Waals surface area contributed by atoms with Crippen molar-refractivity contribution in [3.8, 4) is 0 Å². The molecule has 0 aromatic heterocycles. The largest absolute Gasteiger partial charge is 0.352 e. The first kappa shape index (κ1) is 15.0. The normalized spacial score (nSPS) is 11.3. The van der Waals surface area contributed by atoms with Gasteiger partial charge in [-0.05, 0) is 24.6 Å². The minimum atomic E-state index is -3.01. The maximum absolute atomic E-state index is 12.9. The van der Waals surface area contributed by atoms with Crippen LogP contribution in [0.5, 0.6) is 0 Å². The molecule has 0 aliphatic heterocycles. The minimum Gasteiger partial charge on any atom is -0.352 e. The third-order valence-electron chi connectivity index (χ3n) is 2.19. The first-order chi connectivity index (χ1) is 8.29. The van der Waals surface area contributed by atoms with E-state index in [9.17, 15) is 17.6 Å². The Balaban J connectivity index is 2.48. The minimum absolute atomic E-state index is 0.0223. The lowest BCUT2D eigenvalue weighted by Gasteiger charge is -2.05. The van der Waals surface area contributed by atoms with Crippen LogP contribution >= 0.6 is 12.6 Å². The molecular formula is C11H14FNO3S2. The molecule has 0 saturated heterocycles. The van der Waals surface area contributed by atoms with Crippen LogP contribution in [0.3, 0.4) is 0 Å². The molecule has 0 bridgehead atoms. The molecule has 100 valence electrons. The van der Waals surface area contributed by atoms with Crippen LogP contribution < -0.4 is 5.32 Å². The average Bonchev–Trinajstić information content (AvgIpc) is 2.26. The van der Waals surface area contributed by atoms with Crippen LogP contribution in [0.2, 0.25) is 0 Å². The van der Waals surface area contributed by atoms with Gasteiger partial charge in [0.2, 0.25) is 0 Å². The number of carbonyl (C=O) groups excluding carboxylic acids is 1. The third-order valence-corrected chi connectivity index (χ3v) is 3.56. The molecule has 4 nitrogen and oxygen atoms in total. The van der Waals surface area contributed by atoms with Gasteiger partial charge in [-0.1, -0.05) is 0 Å². The van der Waals surface area contributed by atoms with Gasteiger partial charge in [-0.15, -0.1) is 12.6 Å². The first-order valence-electron chi connectivity index (χ1n) is 5.24. The van der Waals surface area contributed by atoms with Gasteiger partial charge in [0.1, 0.15) is 15.7 Å². The van der Waals surface area contributed by atoms with Gasteiger partial charge in [0.15, 0.2) is 0 Å². The molecule has 0 aliphatic rings. The predicted molar refractivity (Wildman–Crippen MR) is 70.3 cm³/mol. The van der Waals surface area contributed by atoms with E-state index in [4.69, 9.17) is 0 Å². The Morgan fingerprint density at radius 2 is 2.11 bits per heavy atom. The quantitative estimate of drug-likeness (QED) is 0.634. The van der Waals surface area contributed by atoms with Crippen LogP contribution in [0.1, 0.15) is 16.8 Å². The Morgan fingerprint density at radius 3 is 2.67 bits per heavy atom. The lowest BCUT2D eigenvalue weighted by Crippen LogP contribution is -2.25. The predicted octanol–water partition coefficient (Wildman–Crippen LogP) is 1.28. The molecule has 0 fully saturated rings. The summed E-state index contributed by atoms with van der Waals surface area (Å²) in [7, 11) is -3.01. The second-order valence-electron chi connectivity index (χ2n) is 3.91. The number of nitrogens with one attached hydrogen (secondary N) is 1. The number of amides is 1. The number of sulfone groups is 1. The molecule has 0 heterocycles. The van der Waals surface area contributed by atoms with E-state index in [1.54, 1.807) is 0 Å². The first-order valence-corrected chi connectivity index (χ1v) is 7.75. The Hall–Kier alpha value is -1.08. The molecule has 0 aliphatic carbocycles. The molecule has 1 aromatic rings. The molecule has 7 heteroatoms. The van der Waals surface area contributed by atoms with Gasteiger partial charge >= 0.3 is 0 Å². The molecule has 0 saturated carbocycles. The average molecular weight is 291 g/mol.